The number of hydrogen-bond donors (Lipinski definition) is 2. The second-order valence-corrected chi connectivity index (χ2v) is 11.4. The molecule has 1 aliphatic rings. The Morgan fingerprint density at radius 1 is 1.05 bits per heavy atom. The Balaban J connectivity index is 1.35. The van der Waals surface area contributed by atoms with Crippen LogP contribution in [0.1, 0.15) is 24.0 Å². The predicted octanol–water partition coefficient (Wildman–Crippen LogP) is 3.02. The number of hydrogen-bond acceptors (Lipinski definition) is 8. The SMILES string of the molecule is COc1ccccc1N(CC(=O)N/N=C\c1ccc(OCC(=O)NC[C@H]2CCCO2)cc1)S(=O)(=O)c1ccc(C)cc1. The molecule has 1 saturated heterocycles. The maximum absolute atomic E-state index is 13.6. The lowest BCUT2D eigenvalue weighted by Crippen LogP contribution is -2.39. The van der Waals surface area contributed by atoms with E-state index in [1.165, 1.54) is 25.5 Å². The maximum Gasteiger partial charge on any atom is 0.264 e. The first-order valence-corrected chi connectivity index (χ1v) is 14.9. The van der Waals surface area contributed by atoms with Crippen LogP contribution >= 0.6 is 0 Å². The van der Waals surface area contributed by atoms with Gasteiger partial charge in [-0.15, -0.1) is 0 Å². The number of amides is 2. The molecule has 2 N–H and O–H groups in total. The molecule has 3 aromatic rings. The highest BCUT2D eigenvalue weighted by molar-refractivity contribution is 7.92. The van der Waals surface area contributed by atoms with E-state index in [1.807, 2.05) is 6.92 Å². The molecule has 11 nitrogen and oxygen atoms in total. The summed E-state index contributed by atoms with van der Waals surface area (Å²) in [4.78, 5) is 24.9. The molecule has 1 aliphatic heterocycles. The Labute approximate surface area is 245 Å². The van der Waals surface area contributed by atoms with E-state index in [4.69, 9.17) is 14.2 Å². The number of sulfonamides is 1. The molecule has 222 valence electrons. The van der Waals surface area contributed by atoms with Crippen LogP contribution in [0.3, 0.4) is 0 Å². The molecule has 1 atom stereocenters. The van der Waals surface area contributed by atoms with Gasteiger partial charge in [0, 0.05) is 13.2 Å². The number of para-hydroxylation sites is 2. The van der Waals surface area contributed by atoms with Gasteiger partial charge < -0.3 is 19.5 Å². The van der Waals surface area contributed by atoms with Gasteiger partial charge in [0.15, 0.2) is 6.61 Å². The van der Waals surface area contributed by atoms with Crippen LogP contribution in [0.5, 0.6) is 11.5 Å². The van der Waals surface area contributed by atoms with Crippen LogP contribution in [0, 0.1) is 6.92 Å². The van der Waals surface area contributed by atoms with Crippen molar-refractivity contribution < 1.29 is 32.2 Å². The van der Waals surface area contributed by atoms with E-state index in [0.29, 0.717) is 23.6 Å². The number of carbonyl (C=O) groups excluding carboxylic acids is 2. The van der Waals surface area contributed by atoms with Crippen LogP contribution in [0.2, 0.25) is 0 Å². The van der Waals surface area contributed by atoms with Crippen molar-refractivity contribution in [1.82, 2.24) is 10.7 Å². The summed E-state index contributed by atoms with van der Waals surface area (Å²) in [6, 6.07) is 19.7. The van der Waals surface area contributed by atoms with Gasteiger partial charge in [-0.25, -0.2) is 13.8 Å². The minimum absolute atomic E-state index is 0.0397. The molecule has 0 aliphatic carbocycles. The van der Waals surface area contributed by atoms with E-state index < -0.39 is 22.5 Å². The first-order valence-electron chi connectivity index (χ1n) is 13.4. The molecular formula is C30H34N4O7S. The van der Waals surface area contributed by atoms with Gasteiger partial charge in [0.1, 0.15) is 18.0 Å². The van der Waals surface area contributed by atoms with E-state index in [9.17, 15) is 18.0 Å². The van der Waals surface area contributed by atoms with E-state index >= 15 is 0 Å². The summed E-state index contributed by atoms with van der Waals surface area (Å²) < 4.78 is 44.5. The van der Waals surface area contributed by atoms with Crippen molar-refractivity contribution in [3.63, 3.8) is 0 Å². The van der Waals surface area contributed by atoms with Crippen LogP contribution in [0.15, 0.2) is 82.8 Å². The van der Waals surface area contributed by atoms with Crippen LogP contribution in [-0.4, -0.2) is 66.0 Å². The molecule has 42 heavy (non-hydrogen) atoms. The first-order chi connectivity index (χ1) is 20.3. The second-order valence-electron chi connectivity index (χ2n) is 9.59. The molecule has 0 radical (unpaired) electrons. The number of carbonyl (C=O) groups is 2. The molecule has 2 amide bonds. The number of ether oxygens (including phenoxy) is 3. The average Bonchev–Trinajstić information content (AvgIpc) is 3.52. The van der Waals surface area contributed by atoms with Crippen LogP contribution < -0.4 is 24.5 Å². The quantitative estimate of drug-likeness (QED) is 0.229. The molecule has 1 fully saturated rings. The summed E-state index contributed by atoms with van der Waals surface area (Å²) in [6.07, 6.45) is 3.43. The smallest absolute Gasteiger partial charge is 0.264 e. The third-order valence-electron chi connectivity index (χ3n) is 6.45. The van der Waals surface area contributed by atoms with Crippen LogP contribution in [0.25, 0.3) is 0 Å². The zero-order valence-corrected chi connectivity index (χ0v) is 24.3. The third kappa shape index (κ3) is 8.30. The largest absolute Gasteiger partial charge is 0.495 e. The van der Waals surface area contributed by atoms with Crippen molar-refractivity contribution in [2.24, 2.45) is 5.10 Å². The number of nitrogens with one attached hydrogen (secondary N) is 2. The Morgan fingerprint density at radius 3 is 2.48 bits per heavy atom. The van der Waals surface area contributed by atoms with Crippen molar-refractivity contribution in [1.29, 1.82) is 0 Å². The minimum Gasteiger partial charge on any atom is -0.495 e. The summed E-state index contributed by atoms with van der Waals surface area (Å²) in [5.74, 6) is -0.0865. The molecule has 0 spiro atoms. The summed E-state index contributed by atoms with van der Waals surface area (Å²) in [5.41, 5.74) is 4.16. The van der Waals surface area contributed by atoms with Gasteiger partial charge in [-0.1, -0.05) is 29.8 Å². The Hall–Kier alpha value is -4.42. The Bertz CT molecular complexity index is 1490. The summed E-state index contributed by atoms with van der Waals surface area (Å²) in [6.45, 7) is 2.40. The van der Waals surface area contributed by atoms with Gasteiger partial charge in [0.05, 0.1) is 30.0 Å². The lowest BCUT2D eigenvalue weighted by Gasteiger charge is -2.25. The van der Waals surface area contributed by atoms with Gasteiger partial charge in [-0.05, 0) is 73.9 Å². The summed E-state index contributed by atoms with van der Waals surface area (Å²) in [5, 5.41) is 6.77. The van der Waals surface area contributed by atoms with Gasteiger partial charge in [-0.3, -0.25) is 13.9 Å². The number of benzene rings is 3. The highest BCUT2D eigenvalue weighted by Crippen LogP contribution is 2.32. The lowest BCUT2D eigenvalue weighted by atomic mass is 10.2. The minimum atomic E-state index is -4.11. The lowest BCUT2D eigenvalue weighted by molar-refractivity contribution is -0.123. The Kier molecular flexibility index (Phi) is 10.5. The van der Waals surface area contributed by atoms with Crippen molar-refractivity contribution >= 4 is 33.7 Å². The summed E-state index contributed by atoms with van der Waals surface area (Å²) in [7, 11) is -2.68. The monoisotopic (exact) mass is 594 g/mol. The number of hydrazone groups is 1. The fourth-order valence-electron chi connectivity index (χ4n) is 4.20. The van der Waals surface area contributed by atoms with Gasteiger partial charge in [-0.2, -0.15) is 5.10 Å². The Morgan fingerprint density at radius 2 is 1.79 bits per heavy atom. The fourth-order valence-corrected chi connectivity index (χ4v) is 5.63. The van der Waals surface area contributed by atoms with Crippen molar-refractivity contribution in [2.75, 3.05) is 37.7 Å². The molecular weight excluding hydrogens is 560 g/mol. The third-order valence-corrected chi connectivity index (χ3v) is 8.23. The van der Waals surface area contributed by atoms with Crippen LogP contribution in [-0.2, 0) is 24.3 Å². The predicted molar refractivity (Wildman–Crippen MR) is 158 cm³/mol. The van der Waals surface area contributed by atoms with E-state index in [-0.39, 0.29) is 29.2 Å². The topological polar surface area (TPSA) is 136 Å². The number of nitrogens with zero attached hydrogens (tertiary/aromatic N) is 2. The maximum atomic E-state index is 13.6. The fraction of sp³-hybridized carbons (Fsp3) is 0.300. The molecule has 12 heteroatoms. The highest BCUT2D eigenvalue weighted by atomic mass is 32.2. The van der Waals surface area contributed by atoms with Crippen molar-refractivity contribution in [3.05, 3.63) is 83.9 Å². The number of rotatable bonds is 13. The number of methoxy groups -OCH3 is 1. The van der Waals surface area contributed by atoms with Crippen molar-refractivity contribution in [3.8, 4) is 11.5 Å². The van der Waals surface area contributed by atoms with E-state index in [0.717, 1.165) is 29.3 Å². The van der Waals surface area contributed by atoms with Crippen molar-refractivity contribution in [2.45, 2.75) is 30.8 Å². The van der Waals surface area contributed by atoms with Crippen LogP contribution in [0.4, 0.5) is 5.69 Å². The van der Waals surface area contributed by atoms with E-state index in [1.54, 1.807) is 60.7 Å². The average molecular weight is 595 g/mol. The molecule has 3 aromatic carbocycles. The number of aryl methyl sites for hydroxylation is 1. The van der Waals surface area contributed by atoms with Gasteiger partial charge >= 0.3 is 0 Å². The summed E-state index contributed by atoms with van der Waals surface area (Å²) >= 11 is 0. The molecule has 0 unspecified atom stereocenters. The van der Waals surface area contributed by atoms with E-state index in [2.05, 4.69) is 15.8 Å². The molecule has 4 rings (SSSR count). The zero-order valence-electron chi connectivity index (χ0n) is 23.5. The number of anilines is 1. The normalized spacial score (nSPS) is 14.9. The zero-order chi connectivity index (χ0) is 30.0. The van der Waals surface area contributed by atoms with Gasteiger partial charge in [0.2, 0.25) is 0 Å². The molecule has 0 aromatic heterocycles. The standard InChI is InChI=1S/C30H34N4O7S/c1-22-9-15-26(16-10-22)42(37,38)34(27-7-3-4-8-28(27)39-2)20-29(35)33-32-18-23-11-13-24(14-12-23)41-21-30(36)31-19-25-6-5-17-40-25/h3-4,7-16,18,25H,5-6,17,19-21H2,1-2H3,(H,31,36)(H,33,35)/b32-18-/t25-/m1/s1. The first kappa shape index (κ1) is 30.5. The highest BCUT2D eigenvalue weighted by Gasteiger charge is 2.29. The molecule has 0 saturated carbocycles. The second kappa shape index (κ2) is 14.5. The molecule has 1 heterocycles. The van der Waals surface area contributed by atoms with Gasteiger partial charge in [0.25, 0.3) is 21.8 Å². The molecule has 0 bridgehead atoms.